The summed E-state index contributed by atoms with van der Waals surface area (Å²) in [5, 5.41) is 6.83. The van der Waals surface area contributed by atoms with Gasteiger partial charge in [-0.3, -0.25) is 9.78 Å². The number of halogens is 2. The summed E-state index contributed by atoms with van der Waals surface area (Å²) in [4.78, 5) is 26.7. The van der Waals surface area contributed by atoms with E-state index in [0.29, 0.717) is 28.7 Å². The van der Waals surface area contributed by atoms with Crippen LogP contribution >= 0.6 is 11.6 Å². The Morgan fingerprint density at radius 2 is 1.95 bits per heavy atom. The molecule has 1 aliphatic carbocycles. The summed E-state index contributed by atoms with van der Waals surface area (Å²) in [5.74, 6) is 0.0102. The predicted molar refractivity (Wildman–Crippen MR) is 154 cm³/mol. The van der Waals surface area contributed by atoms with Gasteiger partial charge in [-0.2, -0.15) is 0 Å². The second kappa shape index (κ2) is 12.5. The highest BCUT2D eigenvalue weighted by Crippen LogP contribution is 2.31. The fourth-order valence-corrected chi connectivity index (χ4v) is 5.01. The molecule has 5 rings (SSSR count). The van der Waals surface area contributed by atoms with Gasteiger partial charge < -0.3 is 15.4 Å². The number of pyridine rings is 1. The molecule has 2 aromatic heterocycles. The highest BCUT2D eigenvalue weighted by molar-refractivity contribution is 6.30. The average molecular weight is 560 g/mol. The zero-order chi connectivity index (χ0) is 28.1. The number of hydrogen-bond donors (Lipinski definition) is 2. The number of anilines is 2. The monoisotopic (exact) mass is 559 g/mol. The van der Waals surface area contributed by atoms with Gasteiger partial charge in [0.1, 0.15) is 11.6 Å². The van der Waals surface area contributed by atoms with E-state index in [1.807, 2.05) is 44.2 Å². The SMILES string of the molecule is CC(C)c1cnc(-c2cc(Cl)ccc2F)nc1Nc1ccncc1C(=O)NC1CCC[C@@H]1OCc1ccccc1. The molecule has 40 heavy (non-hydrogen) atoms. The van der Waals surface area contributed by atoms with Crippen LogP contribution in [0.5, 0.6) is 0 Å². The Labute approximate surface area is 238 Å². The topological polar surface area (TPSA) is 89.0 Å². The second-order valence-electron chi connectivity index (χ2n) is 10.2. The molecule has 1 saturated carbocycles. The number of carbonyl (C=O) groups excluding carboxylic acids is 1. The van der Waals surface area contributed by atoms with Gasteiger partial charge in [-0.1, -0.05) is 55.8 Å². The molecule has 0 radical (unpaired) electrons. The molecule has 1 unspecified atom stereocenters. The molecular weight excluding hydrogens is 529 g/mol. The molecule has 0 spiro atoms. The first-order valence-electron chi connectivity index (χ1n) is 13.4. The summed E-state index contributed by atoms with van der Waals surface area (Å²) < 4.78 is 20.8. The Balaban J connectivity index is 1.36. The first kappa shape index (κ1) is 27.7. The van der Waals surface area contributed by atoms with Crippen LogP contribution in [0.4, 0.5) is 15.9 Å². The van der Waals surface area contributed by atoms with Gasteiger partial charge >= 0.3 is 0 Å². The van der Waals surface area contributed by atoms with E-state index in [2.05, 4.69) is 25.6 Å². The Bertz CT molecular complexity index is 1480. The second-order valence-corrected chi connectivity index (χ2v) is 10.6. The molecule has 2 N–H and O–H groups in total. The number of rotatable bonds is 9. The standard InChI is InChI=1S/C31H31ClFN5O2/c1-19(2)23-17-35-29(22-15-21(32)11-12-25(22)33)38-30(23)36-26-13-14-34-16-24(26)31(39)37-27-9-6-10-28(27)40-18-20-7-4-3-5-8-20/h3-5,7-8,11-17,19,27-28H,6,9-10,18H2,1-2H3,(H,37,39)(H,34,35,36,38)/t27?,28-/m0/s1. The summed E-state index contributed by atoms with van der Waals surface area (Å²) >= 11 is 6.11. The number of amides is 1. The van der Waals surface area contributed by atoms with E-state index in [1.54, 1.807) is 18.5 Å². The van der Waals surface area contributed by atoms with Crippen molar-refractivity contribution in [2.75, 3.05) is 5.32 Å². The van der Waals surface area contributed by atoms with E-state index < -0.39 is 5.82 Å². The number of nitrogens with zero attached hydrogens (tertiary/aromatic N) is 3. The van der Waals surface area contributed by atoms with E-state index >= 15 is 0 Å². The largest absolute Gasteiger partial charge is 0.371 e. The van der Waals surface area contributed by atoms with Crippen molar-refractivity contribution in [2.24, 2.45) is 0 Å². The number of nitrogens with one attached hydrogen (secondary N) is 2. The lowest BCUT2D eigenvalue weighted by Gasteiger charge is -2.22. The van der Waals surface area contributed by atoms with Crippen LogP contribution in [-0.4, -0.2) is 33.0 Å². The van der Waals surface area contributed by atoms with Gasteiger partial charge in [0.25, 0.3) is 5.91 Å². The maximum absolute atomic E-state index is 14.6. The molecule has 9 heteroatoms. The van der Waals surface area contributed by atoms with Crippen molar-refractivity contribution in [3.05, 3.63) is 101 Å². The van der Waals surface area contributed by atoms with Gasteiger partial charge in [0.15, 0.2) is 5.82 Å². The van der Waals surface area contributed by atoms with E-state index in [4.69, 9.17) is 16.3 Å². The predicted octanol–water partition coefficient (Wildman–Crippen LogP) is 7.07. The van der Waals surface area contributed by atoms with Crippen LogP contribution < -0.4 is 10.6 Å². The minimum absolute atomic E-state index is 0.0678. The van der Waals surface area contributed by atoms with Crippen LogP contribution in [0, 0.1) is 5.82 Å². The van der Waals surface area contributed by atoms with Gasteiger partial charge in [-0.05, 0) is 55.0 Å². The van der Waals surface area contributed by atoms with Crippen molar-refractivity contribution >= 4 is 29.0 Å². The average Bonchev–Trinajstić information content (AvgIpc) is 3.40. The Morgan fingerprint density at radius 1 is 1.12 bits per heavy atom. The van der Waals surface area contributed by atoms with Gasteiger partial charge in [0.05, 0.1) is 35.6 Å². The van der Waals surface area contributed by atoms with Crippen molar-refractivity contribution in [3.8, 4) is 11.4 Å². The van der Waals surface area contributed by atoms with E-state index in [0.717, 1.165) is 30.4 Å². The van der Waals surface area contributed by atoms with Crippen molar-refractivity contribution in [2.45, 2.75) is 57.8 Å². The molecule has 1 aliphatic rings. The molecule has 0 bridgehead atoms. The van der Waals surface area contributed by atoms with Crippen molar-refractivity contribution in [1.29, 1.82) is 0 Å². The molecule has 2 aromatic carbocycles. The van der Waals surface area contributed by atoms with Gasteiger partial charge in [-0.25, -0.2) is 14.4 Å². The summed E-state index contributed by atoms with van der Waals surface area (Å²) in [6.07, 6.45) is 7.44. The molecule has 206 valence electrons. The summed E-state index contributed by atoms with van der Waals surface area (Å²) in [7, 11) is 0. The Hall–Kier alpha value is -3.88. The molecule has 0 saturated heterocycles. The molecule has 1 amide bonds. The maximum Gasteiger partial charge on any atom is 0.255 e. The number of hydrogen-bond acceptors (Lipinski definition) is 6. The van der Waals surface area contributed by atoms with Gasteiger partial charge in [0.2, 0.25) is 0 Å². The number of ether oxygens (including phenoxy) is 1. The zero-order valence-electron chi connectivity index (χ0n) is 22.4. The fraction of sp³-hybridized carbons (Fsp3) is 0.290. The van der Waals surface area contributed by atoms with Crippen LogP contribution in [0.1, 0.15) is 60.5 Å². The van der Waals surface area contributed by atoms with Crippen LogP contribution in [0.15, 0.2) is 73.2 Å². The minimum atomic E-state index is -0.475. The van der Waals surface area contributed by atoms with Crippen LogP contribution in [0.25, 0.3) is 11.4 Å². The third-order valence-electron chi connectivity index (χ3n) is 7.00. The van der Waals surface area contributed by atoms with E-state index in [1.165, 1.54) is 24.4 Å². The van der Waals surface area contributed by atoms with Crippen molar-refractivity contribution < 1.29 is 13.9 Å². The van der Waals surface area contributed by atoms with Crippen LogP contribution in [-0.2, 0) is 11.3 Å². The smallest absolute Gasteiger partial charge is 0.255 e. The number of carbonyl (C=O) groups is 1. The minimum Gasteiger partial charge on any atom is -0.371 e. The third kappa shape index (κ3) is 6.46. The zero-order valence-corrected chi connectivity index (χ0v) is 23.2. The molecule has 4 aromatic rings. The van der Waals surface area contributed by atoms with Gasteiger partial charge in [-0.15, -0.1) is 0 Å². The molecule has 7 nitrogen and oxygen atoms in total. The molecule has 2 heterocycles. The summed E-state index contributed by atoms with van der Waals surface area (Å²) in [6.45, 7) is 4.53. The molecule has 2 atom stereocenters. The maximum atomic E-state index is 14.6. The van der Waals surface area contributed by atoms with Crippen LogP contribution in [0.3, 0.4) is 0 Å². The van der Waals surface area contributed by atoms with Crippen molar-refractivity contribution in [1.82, 2.24) is 20.3 Å². The highest BCUT2D eigenvalue weighted by Gasteiger charge is 2.30. The normalized spacial score (nSPS) is 16.7. The molecule has 1 fully saturated rings. The lowest BCUT2D eigenvalue weighted by molar-refractivity contribution is 0.0272. The summed E-state index contributed by atoms with van der Waals surface area (Å²) in [5.41, 5.74) is 3.02. The third-order valence-corrected chi connectivity index (χ3v) is 7.24. The van der Waals surface area contributed by atoms with Crippen LogP contribution in [0.2, 0.25) is 5.02 Å². The number of aromatic nitrogens is 3. The lowest BCUT2D eigenvalue weighted by Crippen LogP contribution is -2.41. The first-order chi connectivity index (χ1) is 19.4. The van der Waals surface area contributed by atoms with Crippen molar-refractivity contribution in [3.63, 3.8) is 0 Å². The Morgan fingerprint density at radius 3 is 2.75 bits per heavy atom. The highest BCUT2D eigenvalue weighted by atomic mass is 35.5. The fourth-order valence-electron chi connectivity index (χ4n) is 4.84. The van der Waals surface area contributed by atoms with E-state index in [9.17, 15) is 9.18 Å². The molecule has 0 aliphatic heterocycles. The first-order valence-corrected chi connectivity index (χ1v) is 13.8. The lowest BCUT2D eigenvalue weighted by atomic mass is 10.1. The van der Waals surface area contributed by atoms with E-state index in [-0.39, 0.29) is 35.4 Å². The number of benzene rings is 2. The quantitative estimate of drug-likeness (QED) is 0.228. The summed E-state index contributed by atoms with van der Waals surface area (Å²) in [6, 6.07) is 15.9. The van der Waals surface area contributed by atoms with Gasteiger partial charge in [0, 0.05) is 29.2 Å². The molecular formula is C31H31ClFN5O2. The Kier molecular flexibility index (Phi) is 8.67.